The van der Waals surface area contributed by atoms with Crippen LogP contribution in [0.4, 0.5) is 19.0 Å². The Hall–Kier alpha value is -1.80. The van der Waals surface area contributed by atoms with Gasteiger partial charge < -0.3 is 4.90 Å². The van der Waals surface area contributed by atoms with E-state index < -0.39 is 11.7 Å². The number of aromatic nitrogens is 1. The van der Waals surface area contributed by atoms with Crippen molar-refractivity contribution in [2.75, 3.05) is 31.1 Å². The van der Waals surface area contributed by atoms with E-state index in [9.17, 15) is 18.0 Å². The molecule has 2 aromatic heterocycles. The Kier molecular flexibility index (Phi) is 5.19. The highest BCUT2D eigenvalue weighted by Gasteiger charge is 2.34. The predicted octanol–water partition coefficient (Wildman–Crippen LogP) is 3.13. The van der Waals surface area contributed by atoms with Crippen molar-refractivity contribution in [3.8, 4) is 0 Å². The molecule has 0 radical (unpaired) electrons. The zero-order valence-electron chi connectivity index (χ0n) is 13.1. The van der Waals surface area contributed by atoms with Gasteiger partial charge in [0.2, 0.25) is 5.91 Å². The van der Waals surface area contributed by atoms with Gasteiger partial charge >= 0.3 is 6.18 Å². The Bertz CT molecular complexity index is 744. The molecule has 1 aliphatic heterocycles. The average molecular weight is 391 g/mol. The molecule has 1 amide bonds. The fraction of sp³-hybridized carbons (Fsp3) is 0.375. The molecule has 0 atom stereocenters. The van der Waals surface area contributed by atoms with Gasteiger partial charge in [-0.25, -0.2) is 4.98 Å². The number of thiophene rings is 1. The number of carbonyl (C=O) groups is 1. The smallest absolute Gasteiger partial charge is 0.335 e. The van der Waals surface area contributed by atoms with Crippen molar-refractivity contribution < 1.29 is 22.9 Å². The summed E-state index contributed by atoms with van der Waals surface area (Å²) in [7, 11) is 0. The SMILES string of the molecule is O=C(Cc1ccsc1)N1CCN(c2[nH+]cc(C(F)(F)F)cc2Cl)CC1. The number of halogens is 4. The monoisotopic (exact) mass is 390 g/mol. The molecule has 1 aliphatic rings. The van der Waals surface area contributed by atoms with Crippen molar-refractivity contribution >= 4 is 34.7 Å². The van der Waals surface area contributed by atoms with Gasteiger partial charge in [-0.15, -0.1) is 0 Å². The lowest BCUT2D eigenvalue weighted by Crippen LogP contribution is -2.50. The van der Waals surface area contributed by atoms with Crippen molar-refractivity contribution in [1.82, 2.24) is 4.90 Å². The average Bonchev–Trinajstić information content (AvgIpc) is 3.07. The number of hydrogen-bond donors (Lipinski definition) is 0. The highest BCUT2D eigenvalue weighted by Crippen LogP contribution is 2.32. The second-order valence-corrected chi connectivity index (χ2v) is 6.95. The van der Waals surface area contributed by atoms with E-state index in [4.69, 9.17) is 11.6 Å². The Morgan fingerprint density at radius 2 is 2.00 bits per heavy atom. The van der Waals surface area contributed by atoms with Crippen LogP contribution < -0.4 is 9.88 Å². The number of amides is 1. The van der Waals surface area contributed by atoms with Crippen LogP contribution in [0.1, 0.15) is 11.1 Å². The van der Waals surface area contributed by atoms with E-state index >= 15 is 0 Å². The van der Waals surface area contributed by atoms with Crippen LogP contribution in [-0.2, 0) is 17.4 Å². The lowest BCUT2D eigenvalue weighted by Gasteiger charge is -2.31. The predicted molar refractivity (Wildman–Crippen MR) is 89.8 cm³/mol. The summed E-state index contributed by atoms with van der Waals surface area (Å²) in [6, 6.07) is 2.84. The van der Waals surface area contributed by atoms with Crippen LogP contribution >= 0.6 is 22.9 Å². The fourth-order valence-corrected chi connectivity index (χ4v) is 3.69. The number of carbonyl (C=O) groups excluding carboxylic acids is 1. The van der Waals surface area contributed by atoms with E-state index in [1.807, 2.05) is 21.7 Å². The van der Waals surface area contributed by atoms with Gasteiger partial charge in [0.1, 0.15) is 24.3 Å². The summed E-state index contributed by atoms with van der Waals surface area (Å²) in [5.41, 5.74) is 0.183. The van der Waals surface area contributed by atoms with Gasteiger partial charge in [-0.05, 0) is 28.5 Å². The highest BCUT2D eigenvalue weighted by atomic mass is 35.5. The van der Waals surface area contributed by atoms with E-state index in [0.717, 1.165) is 17.8 Å². The summed E-state index contributed by atoms with van der Waals surface area (Å²) >= 11 is 7.56. The van der Waals surface area contributed by atoms with Crippen LogP contribution in [-0.4, -0.2) is 37.0 Å². The van der Waals surface area contributed by atoms with Gasteiger partial charge in [-0.2, -0.15) is 24.5 Å². The Labute approximate surface area is 151 Å². The van der Waals surface area contributed by atoms with E-state index in [2.05, 4.69) is 4.98 Å². The molecule has 1 fully saturated rings. The number of hydrogen-bond acceptors (Lipinski definition) is 3. The maximum Gasteiger partial charge on any atom is 0.419 e. The summed E-state index contributed by atoms with van der Waals surface area (Å²) in [5.74, 6) is 0.500. The van der Waals surface area contributed by atoms with Gasteiger partial charge in [0.25, 0.3) is 5.82 Å². The lowest BCUT2D eigenvalue weighted by molar-refractivity contribution is -0.367. The first-order valence-corrected chi connectivity index (χ1v) is 8.99. The summed E-state index contributed by atoms with van der Waals surface area (Å²) in [4.78, 5) is 18.5. The normalized spacial score (nSPS) is 15.5. The van der Waals surface area contributed by atoms with Crippen LogP contribution in [0.2, 0.25) is 5.02 Å². The lowest BCUT2D eigenvalue weighted by atomic mass is 10.2. The summed E-state index contributed by atoms with van der Waals surface area (Å²) in [6.07, 6.45) is -3.16. The number of aromatic amines is 1. The van der Waals surface area contributed by atoms with E-state index in [0.29, 0.717) is 38.4 Å². The van der Waals surface area contributed by atoms with Crippen molar-refractivity contribution in [2.24, 2.45) is 0 Å². The molecule has 0 aromatic carbocycles. The van der Waals surface area contributed by atoms with Crippen molar-refractivity contribution in [1.29, 1.82) is 0 Å². The van der Waals surface area contributed by atoms with Gasteiger partial charge in [-0.3, -0.25) is 9.69 Å². The summed E-state index contributed by atoms with van der Waals surface area (Å²) < 4.78 is 38.1. The Morgan fingerprint density at radius 3 is 2.56 bits per heavy atom. The van der Waals surface area contributed by atoms with Crippen molar-refractivity contribution in [3.05, 3.63) is 45.2 Å². The van der Waals surface area contributed by atoms with Gasteiger partial charge in [0, 0.05) is 0 Å². The van der Waals surface area contributed by atoms with Crippen LogP contribution in [0, 0.1) is 0 Å². The molecule has 0 saturated carbocycles. The summed E-state index contributed by atoms with van der Waals surface area (Å²) in [6.45, 7) is 2.04. The third-order valence-corrected chi connectivity index (χ3v) is 5.10. The quantitative estimate of drug-likeness (QED) is 0.807. The molecule has 0 bridgehead atoms. The second kappa shape index (κ2) is 7.21. The molecule has 134 valence electrons. The van der Waals surface area contributed by atoms with Crippen LogP contribution in [0.15, 0.2) is 29.1 Å². The Balaban J connectivity index is 1.61. The molecular weight excluding hydrogens is 375 g/mol. The minimum Gasteiger partial charge on any atom is -0.335 e. The summed E-state index contributed by atoms with van der Waals surface area (Å²) in [5, 5.41) is 3.90. The van der Waals surface area contributed by atoms with E-state index in [1.165, 1.54) is 0 Å². The minimum absolute atomic E-state index is 0.0212. The standard InChI is InChI=1S/C16H15ClF3N3OS/c17-13-8-12(16(18,19)20)9-21-15(13)23-4-2-22(3-5-23)14(24)7-11-1-6-25-10-11/h1,6,8-10H,2-5,7H2/p+1. The molecule has 3 heterocycles. The molecule has 25 heavy (non-hydrogen) atoms. The fourth-order valence-electron chi connectivity index (χ4n) is 2.73. The molecular formula is C16H16ClF3N3OS+. The van der Waals surface area contributed by atoms with Crippen LogP contribution in [0.25, 0.3) is 0 Å². The molecule has 0 aliphatic carbocycles. The zero-order chi connectivity index (χ0) is 18.0. The number of anilines is 1. The topological polar surface area (TPSA) is 37.7 Å². The number of rotatable bonds is 3. The third-order valence-electron chi connectivity index (χ3n) is 4.08. The first-order valence-electron chi connectivity index (χ1n) is 7.67. The van der Waals surface area contributed by atoms with Gasteiger partial charge in [0.15, 0.2) is 0 Å². The molecule has 0 spiro atoms. The number of piperazine rings is 1. The first-order chi connectivity index (χ1) is 11.8. The molecule has 1 N–H and O–H groups in total. The van der Waals surface area contributed by atoms with Crippen LogP contribution in [0.3, 0.4) is 0 Å². The molecule has 0 unspecified atom stereocenters. The second-order valence-electron chi connectivity index (χ2n) is 5.76. The number of nitrogens with zero attached hydrogens (tertiary/aromatic N) is 2. The molecule has 9 heteroatoms. The molecule has 2 aromatic rings. The zero-order valence-corrected chi connectivity index (χ0v) is 14.7. The maximum absolute atomic E-state index is 12.7. The van der Waals surface area contributed by atoms with Gasteiger partial charge in [-0.1, -0.05) is 11.6 Å². The van der Waals surface area contributed by atoms with Crippen molar-refractivity contribution in [3.63, 3.8) is 0 Å². The number of alkyl halides is 3. The van der Waals surface area contributed by atoms with Crippen LogP contribution in [0.5, 0.6) is 0 Å². The minimum atomic E-state index is -4.44. The number of pyridine rings is 1. The maximum atomic E-state index is 12.7. The third kappa shape index (κ3) is 4.24. The number of H-pyrrole nitrogens is 1. The molecule has 4 nitrogen and oxygen atoms in total. The largest absolute Gasteiger partial charge is 0.419 e. The van der Waals surface area contributed by atoms with Gasteiger partial charge in [0.05, 0.1) is 25.1 Å². The Morgan fingerprint density at radius 1 is 1.28 bits per heavy atom. The molecule has 3 rings (SSSR count). The molecule has 1 saturated heterocycles. The number of nitrogens with one attached hydrogen (secondary N) is 1. The first kappa shape index (κ1) is 18.0. The van der Waals surface area contributed by atoms with E-state index in [-0.39, 0.29) is 10.9 Å². The highest BCUT2D eigenvalue weighted by molar-refractivity contribution is 7.08. The van der Waals surface area contributed by atoms with E-state index in [1.54, 1.807) is 16.2 Å². The van der Waals surface area contributed by atoms with Crippen molar-refractivity contribution in [2.45, 2.75) is 12.6 Å².